The highest BCUT2D eigenvalue weighted by molar-refractivity contribution is 8.13. The Morgan fingerprint density at radius 2 is 1.78 bits per heavy atom. The summed E-state index contributed by atoms with van der Waals surface area (Å²) in [6, 6.07) is 11.0. The van der Waals surface area contributed by atoms with Crippen molar-refractivity contribution in [3.8, 4) is 0 Å². The molecule has 1 heterocycles. The third kappa shape index (κ3) is 4.16. The topological polar surface area (TPSA) is 52.0 Å². The van der Waals surface area contributed by atoms with Crippen LogP contribution in [0.3, 0.4) is 0 Å². The van der Waals surface area contributed by atoms with Crippen molar-refractivity contribution in [2.45, 2.75) is 25.4 Å². The van der Waals surface area contributed by atoms with Crippen LogP contribution in [0.25, 0.3) is 0 Å². The Bertz CT molecular complexity index is 579. The van der Waals surface area contributed by atoms with Gasteiger partial charge < -0.3 is 0 Å². The van der Waals surface area contributed by atoms with Gasteiger partial charge in [0.15, 0.2) is 5.03 Å². The molecule has 2 rings (SSSR count). The van der Waals surface area contributed by atoms with Crippen molar-refractivity contribution < 1.29 is 8.42 Å². The van der Waals surface area contributed by atoms with E-state index < -0.39 is 9.05 Å². The van der Waals surface area contributed by atoms with Gasteiger partial charge >= 0.3 is 0 Å². The fourth-order valence-electron chi connectivity index (χ4n) is 1.33. The summed E-state index contributed by atoms with van der Waals surface area (Å²) >= 11 is 0. The van der Waals surface area contributed by atoms with Gasteiger partial charge in [-0.1, -0.05) is 44.2 Å². The average molecular weight is 287 g/mol. The fourth-order valence-corrected chi connectivity index (χ4v) is 2.00. The van der Waals surface area contributed by atoms with Gasteiger partial charge in [-0.05, 0) is 11.6 Å². The summed E-state index contributed by atoms with van der Waals surface area (Å²) < 4.78 is 23.5. The van der Waals surface area contributed by atoms with Gasteiger partial charge in [-0.3, -0.25) is 4.68 Å². The Kier molecular flexibility index (Phi) is 5.37. The van der Waals surface area contributed by atoms with Crippen LogP contribution in [0.1, 0.15) is 19.4 Å². The summed E-state index contributed by atoms with van der Waals surface area (Å²) in [6.07, 6.45) is 1.59. The molecular weight excluding hydrogens is 272 g/mol. The zero-order valence-electron chi connectivity index (χ0n) is 10.2. The number of nitrogens with zero attached hydrogens (tertiary/aromatic N) is 2. The van der Waals surface area contributed by atoms with E-state index in [1.54, 1.807) is 6.20 Å². The number of hydrogen-bond donors (Lipinski definition) is 0. The molecule has 2 aromatic rings. The molecule has 0 fully saturated rings. The number of aromatic nitrogens is 2. The summed E-state index contributed by atoms with van der Waals surface area (Å²) in [7, 11) is 1.44. The van der Waals surface area contributed by atoms with E-state index in [-0.39, 0.29) is 5.03 Å². The second-order valence-corrected chi connectivity index (χ2v) is 5.79. The van der Waals surface area contributed by atoms with Crippen molar-refractivity contribution in [3.63, 3.8) is 0 Å². The first kappa shape index (κ1) is 14.7. The zero-order chi connectivity index (χ0) is 13.6. The summed E-state index contributed by atoms with van der Waals surface area (Å²) in [5, 5.41) is 3.75. The Hall–Kier alpha value is -1.33. The second-order valence-electron chi connectivity index (χ2n) is 3.28. The van der Waals surface area contributed by atoms with Gasteiger partial charge in [-0.2, -0.15) is 5.10 Å². The highest BCUT2D eigenvalue weighted by atomic mass is 35.7. The van der Waals surface area contributed by atoms with E-state index >= 15 is 0 Å². The van der Waals surface area contributed by atoms with Gasteiger partial charge in [0.2, 0.25) is 0 Å². The van der Waals surface area contributed by atoms with Crippen LogP contribution >= 0.6 is 10.7 Å². The SMILES string of the molecule is CC.O=S(=O)(Cl)c1ccn(Cc2ccccc2)n1. The van der Waals surface area contributed by atoms with Crippen LogP contribution < -0.4 is 0 Å². The highest BCUT2D eigenvalue weighted by Crippen LogP contribution is 2.12. The standard InChI is InChI=1S/C10H9ClN2O2S.C2H6/c11-16(14,15)10-6-7-13(12-10)8-9-4-2-1-3-5-9;1-2/h1-7H,8H2;1-2H3. The monoisotopic (exact) mass is 286 g/mol. The maximum atomic E-state index is 11.0. The lowest BCUT2D eigenvalue weighted by atomic mass is 10.2. The Morgan fingerprint density at radius 3 is 2.28 bits per heavy atom. The minimum atomic E-state index is -3.73. The van der Waals surface area contributed by atoms with Crippen LogP contribution in [-0.4, -0.2) is 18.2 Å². The molecule has 0 aliphatic rings. The van der Waals surface area contributed by atoms with Gasteiger partial charge in [0.1, 0.15) is 0 Å². The summed E-state index contributed by atoms with van der Waals surface area (Å²) in [5.41, 5.74) is 1.05. The van der Waals surface area contributed by atoms with E-state index in [0.717, 1.165) is 5.56 Å². The minimum absolute atomic E-state index is 0.120. The van der Waals surface area contributed by atoms with E-state index in [2.05, 4.69) is 5.10 Å². The molecule has 0 aliphatic heterocycles. The molecule has 0 radical (unpaired) electrons. The molecule has 98 valence electrons. The molecule has 4 nitrogen and oxygen atoms in total. The smallest absolute Gasteiger partial charge is 0.267 e. The lowest BCUT2D eigenvalue weighted by Crippen LogP contribution is -2.01. The number of halogens is 1. The Labute approximate surface area is 112 Å². The summed E-state index contributed by atoms with van der Waals surface area (Å²) in [6.45, 7) is 4.52. The fraction of sp³-hybridized carbons (Fsp3) is 0.250. The van der Waals surface area contributed by atoms with Gasteiger partial charge in [-0.15, -0.1) is 0 Å². The molecule has 0 saturated carbocycles. The predicted molar refractivity (Wildman–Crippen MR) is 72.2 cm³/mol. The molecule has 18 heavy (non-hydrogen) atoms. The molecule has 1 aromatic heterocycles. The normalized spacial score (nSPS) is 10.6. The van der Waals surface area contributed by atoms with Crippen LogP contribution in [0, 0.1) is 0 Å². The second kappa shape index (κ2) is 6.56. The van der Waals surface area contributed by atoms with Crippen molar-refractivity contribution in [1.29, 1.82) is 0 Å². The average Bonchev–Trinajstić information content (AvgIpc) is 2.81. The largest absolute Gasteiger partial charge is 0.280 e. The van der Waals surface area contributed by atoms with Crippen LogP contribution in [-0.2, 0) is 15.6 Å². The minimum Gasteiger partial charge on any atom is -0.267 e. The molecule has 1 aromatic carbocycles. The quantitative estimate of drug-likeness (QED) is 0.815. The van der Waals surface area contributed by atoms with Crippen molar-refractivity contribution in [2.75, 3.05) is 0 Å². The number of benzene rings is 1. The van der Waals surface area contributed by atoms with E-state index in [1.807, 2.05) is 44.2 Å². The number of rotatable bonds is 3. The molecule has 0 aliphatic carbocycles. The maximum absolute atomic E-state index is 11.0. The molecular formula is C12H15ClN2O2S. The molecule has 0 unspecified atom stereocenters. The van der Waals surface area contributed by atoms with Gasteiger partial charge in [0, 0.05) is 16.9 Å². The molecule has 0 spiro atoms. The van der Waals surface area contributed by atoms with E-state index in [0.29, 0.717) is 6.54 Å². The third-order valence-corrected chi connectivity index (χ3v) is 3.25. The molecule has 0 atom stereocenters. The van der Waals surface area contributed by atoms with E-state index in [4.69, 9.17) is 10.7 Å². The van der Waals surface area contributed by atoms with Crippen molar-refractivity contribution in [2.24, 2.45) is 0 Å². The first-order valence-corrected chi connectivity index (χ1v) is 7.89. The molecule has 0 N–H and O–H groups in total. The molecule has 0 bridgehead atoms. The third-order valence-electron chi connectivity index (χ3n) is 2.05. The highest BCUT2D eigenvalue weighted by Gasteiger charge is 2.13. The van der Waals surface area contributed by atoms with Crippen molar-refractivity contribution in [3.05, 3.63) is 48.2 Å². The first-order chi connectivity index (χ1) is 8.55. The van der Waals surface area contributed by atoms with Crippen LogP contribution in [0.5, 0.6) is 0 Å². The zero-order valence-corrected chi connectivity index (χ0v) is 11.8. The Balaban J connectivity index is 0.000000771. The first-order valence-electron chi connectivity index (χ1n) is 5.58. The van der Waals surface area contributed by atoms with Crippen LogP contribution in [0.4, 0.5) is 0 Å². The van der Waals surface area contributed by atoms with Gasteiger partial charge in [0.25, 0.3) is 9.05 Å². The van der Waals surface area contributed by atoms with Crippen LogP contribution in [0.15, 0.2) is 47.6 Å². The van der Waals surface area contributed by atoms with Crippen molar-refractivity contribution in [1.82, 2.24) is 9.78 Å². The molecule has 0 saturated heterocycles. The van der Waals surface area contributed by atoms with E-state index in [1.165, 1.54) is 10.7 Å². The van der Waals surface area contributed by atoms with E-state index in [9.17, 15) is 8.42 Å². The van der Waals surface area contributed by atoms with Crippen LogP contribution in [0.2, 0.25) is 0 Å². The molecule has 0 amide bonds. The summed E-state index contributed by atoms with van der Waals surface area (Å²) in [5.74, 6) is 0. The van der Waals surface area contributed by atoms with Gasteiger partial charge in [-0.25, -0.2) is 8.42 Å². The maximum Gasteiger partial charge on any atom is 0.280 e. The lowest BCUT2D eigenvalue weighted by Gasteiger charge is -2.00. The Morgan fingerprint density at radius 1 is 1.17 bits per heavy atom. The number of hydrogen-bond acceptors (Lipinski definition) is 3. The van der Waals surface area contributed by atoms with Crippen molar-refractivity contribution >= 4 is 19.7 Å². The van der Waals surface area contributed by atoms with Gasteiger partial charge in [0.05, 0.1) is 6.54 Å². The summed E-state index contributed by atoms with van der Waals surface area (Å²) in [4.78, 5) is 0. The predicted octanol–water partition coefficient (Wildman–Crippen LogP) is 2.89. The molecule has 6 heteroatoms. The lowest BCUT2D eigenvalue weighted by molar-refractivity contribution is 0.597.